The summed E-state index contributed by atoms with van der Waals surface area (Å²) in [5, 5.41) is 14.0. The number of H-pyrrole nitrogens is 1. The normalized spacial score (nSPS) is 18.5. The molecule has 0 bridgehead atoms. The second-order valence-electron chi connectivity index (χ2n) is 4.16. The summed E-state index contributed by atoms with van der Waals surface area (Å²) in [7, 11) is 0. The lowest BCUT2D eigenvalue weighted by Gasteiger charge is -2.10. The molecule has 0 aromatic carbocycles. The molecule has 1 aromatic heterocycles. The van der Waals surface area contributed by atoms with Gasteiger partial charge in [-0.1, -0.05) is 0 Å². The summed E-state index contributed by atoms with van der Waals surface area (Å²) in [5.74, 6) is -1.68. The fraction of sp³-hybridized carbons (Fsp3) is 0.364. The molecule has 7 nitrogen and oxygen atoms in total. The first-order valence-corrected chi connectivity index (χ1v) is 5.50. The molecule has 1 aliphatic heterocycles. The van der Waals surface area contributed by atoms with Crippen molar-refractivity contribution >= 4 is 23.5 Å². The lowest BCUT2D eigenvalue weighted by atomic mass is 10.2. The molecule has 18 heavy (non-hydrogen) atoms. The fourth-order valence-electron chi connectivity index (χ4n) is 1.93. The van der Waals surface area contributed by atoms with Crippen LogP contribution < -0.4 is 10.6 Å². The average Bonchev–Trinajstić information content (AvgIpc) is 2.85. The van der Waals surface area contributed by atoms with Crippen LogP contribution in [-0.4, -0.2) is 33.9 Å². The Balaban J connectivity index is 2.12. The second kappa shape index (κ2) is 4.52. The van der Waals surface area contributed by atoms with Crippen molar-refractivity contribution in [2.45, 2.75) is 25.8 Å². The van der Waals surface area contributed by atoms with Gasteiger partial charge in [-0.15, -0.1) is 0 Å². The van der Waals surface area contributed by atoms with Gasteiger partial charge in [0.15, 0.2) is 0 Å². The Morgan fingerprint density at radius 2 is 2.22 bits per heavy atom. The number of hydrogen-bond acceptors (Lipinski definition) is 3. The zero-order valence-electron chi connectivity index (χ0n) is 9.74. The van der Waals surface area contributed by atoms with Crippen molar-refractivity contribution in [1.29, 1.82) is 0 Å². The average molecular weight is 251 g/mol. The fourth-order valence-corrected chi connectivity index (χ4v) is 1.93. The zero-order valence-corrected chi connectivity index (χ0v) is 9.74. The molecule has 2 amide bonds. The maximum atomic E-state index is 11.8. The van der Waals surface area contributed by atoms with Crippen molar-refractivity contribution in [1.82, 2.24) is 10.3 Å². The maximum Gasteiger partial charge on any atom is 0.339 e. The Labute approximate surface area is 103 Å². The summed E-state index contributed by atoms with van der Waals surface area (Å²) in [4.78, 5) is 36.6. The number of carboxylic acids is 1. The number of anilines is 1. The summed E-state index contributed by atoms with van der Waals surface area (Å²) >= 11 is 0. The van der Waals surface area contributed by atoms with Gasteiger partial charge in [-0.25, -0.2) is 4.79 Å². The van der Waals surface area contributed by atoms with E-state index in [4.69, 9.17) is 5.11 Å². The van der Waals surface area contributed by atoms with Gasteiger partial charge in [0.2, 0.25) is 11.8 Å². The summed E-state index contributed by atoms with van der Waals surface area (Å²) in [6.07, 6.45) is 2.17. The minimum absolute atomic E-state index is 0.0349. The minimum atomic E-state index is -1.11. The topological polar surface area (TPSA) is 111 Å². The Morgan fingerprint density at radius 3 is 2.78 bits per heavy atom. The lowest BCUT2D eigenvalue weighted by Crippen LogP contribution is -2.37. The highest BCUT2D eigenvalue weighted by Crippen LogP contribution is 2.20. The van der Waals surface area contributed by atoms with Gasteiger partial charge < -0.3 is 20.7 Å². The van der Waals surface area contributed by atoms with Crippen LogP contribution in [0.25, 0.3) is 0 Å². The van der Waals surface area contributed by atoms with Crippen LogP contribution in [0.2, 0.25) is 0 Å². The van der Waals surface area contributed by atoms with E-state index in [0.717, 1.165) is 0 Å². The predicted molar refractivity (Wildman–Crippen MR) is 62.3 cm³/mol. The van der Waals surface area contributed by atoms with Crippen molar-refractivity contribution < 1.29 is 19.5 Å². The molecule has 1 saturated heterocycles. The Morgan fingerprint density at radius 1 is 1.50 bits per heavy atom. The van der Waals surface area contributed by atoms with Gasteiger partial charge in [0.05, 0.1) is 5.69 Å². The van der Waals surface area contributed by atoms with E-state index in [-0.39, 0.29) is 17.2 Å². The molecule has 0 radical (unpaired) electrons. The zero-order chi connectivity index (χ0) is 13.3. The van der Waals surface area contributed by atoms with E-state index in [1.165, 1.54) is 6.20 Å². The molecule has 0 unspecified atom stereocenters. The van der Waals surface area contributed by atoms with Crippen molar-refractivity contribution in [2.75, 3.05) is 5.32 Å². The molecule has 96 valence electrons. The van der Waals surface area contributed by atoms with Gasteiger partial charge in [0.25, 0.3) is 0 Å². The molecule has 0 saturated carbocycles. The molecule has 2 heterocycles. The third-order valence-corrected chi connectivity index (χ3v) is 2.86. The molecule has 1 aliphatic rings. The van der Waals surface area contributed by atoms with Gasteiger partial charge >= 0.3 is 5.97 Å². The van der Waals surface area contributed by atoms with Gasteiger partial charge in [-0.2, -0.15) is 0 Å². The molecule has 7 heteroatoms. The molecule has 1 aromatic rings. The Hall–Kier alpha value is -2.31. The number of aromatic carboxylic acids is 1. The van der Waals surface area contributed by atoms with Crippen LogP contribution >= 0.6 is 0 Å². The number of aryl methyl sites for hydroxylation is 1. The minimum Gasteiger partial charge on any atom is -0.478 e. The molecule has 0 aliphatic carbocycles. The first kappa shape index (κ1) is 12.2. The summed E-state index contributed by atoms with van der Waals surface area (Å²) in [6.45, 7) is 1.61. The van der Waals surface area contributed by atoms with Crippen LogP contribution in [0.3, 0.4) is 0 Å². The molecule has 4 N–H and O–H groups in total. The van der Waals surface area contributed by atoms with Crippen LogP contribution in [0, 0.1) is 6.92 Å². The molecular formula is C11H13N3O4. The largest absolute Gasteiger partial charge is 0.478 e. The SMILES string of the molecule is Cc1[nH]cc(NC(=O)[C@@H]2CCC(=O)N2)c1C(=O)O. The van der Waals surface area contributed by atoms with E-state index >= 15 is 0 Å². The van der Waals surface area contributed by atoms with E-state index in [1.54, 1.807) is 6.92 Å². The number of hydrogen-bond donors (Lipinski definition) is 4. The van der Waals surface area contributed by atoms with E-state index in [1.807, 2.05) is 0 Å². The Kier molecular flexibility index (Phi) is 3.05. The van der Waals surface area contributed by atoms with Gasteiger partial charge in [0.1, 0.15) is 11.6 Å². The van der Waals surface area contributed by atoms with Gasteiger partial charge in [0, 0.05) is 18.3 Å². The number of amides is 2. The maximum absolute atomic E-state index is 11.8. The van der Waals surface area contributed by atoms with Crippen molar-refractivity contribution in [2.24, 2.45) is 0 Å². The van der Waals surface area contributed by atoms with E-state index < -0.39 is 17.9 Å². The van der Waals surface area contributed by atoms with E-state index in [0.29, 0.717) is 18.5 Å². The summed E-state index contributed by atoms with van der Waals surface area (Å²) in [6, 6.07) is -0.589. The summed E-state index contributed by atoms with van der Waals surface area (Å²) in [5.41, 5.74) is 0.715. The van der Waals surface area contributed by atoms with Crippen LogP contribution in [0.4, 0.5) is 5.69 Å². The number of carboxylic acid groups (broad SMARTS) is 1. The highest BCUT2D eigenvalue weighted by atomic mass is 16.4. The van der Waals surface area contributed by atoms with Crippen LogP contribution in [0.15, 0.2) is 6.20 Å². The van der Waals surface area contributed by atoms with Gasteiger partial charge in [-0.3, -0.25) is 9.59 Å². The molecule has 2 rings (SSSR count). The van der Waals surface area contributed by atoms with Gasteiger partial charge in [-0.05, 0) is 13.3 Å². The first-order valence-electron chi connectivity index (χ1n) is 5.50. The predicted octanol–water partition coefficient (Wildman–Crippen LogP) is 0.238. The quantitative estimate of drug-likeness (QED) is 0.616. The lowest BCUT2D eigenvalue weighted by molar-refractivity contribution is -0.122. The molecular weight excluding hydrogens is 238 g/mol. The van der Waals surface area contributed by atoms with Crippen LogP contribution in [-0.2, 0) is 9.59 Å². The second-order valence-corrected chi connectivity index (χ2v) is 4.16. The molecule has 1 fully saturated rings. The summed E-state index contributed by atoms with van der Waals surface area (Å²) < 4.78 is 0. The van der Waals surface area contributed by atoms with Crippen LogP contribution in [0.5, 0.6) is 0 Å². The number of rotatable bonds is 3. The van der Waals surface area contributed by atoms with E-state index in [9.17, 15) is 14.4 Å². The number of aromatic amines is 1. The molecule has 1 atom stereocenters. The molecule has 0 spiro atoms. The third-order valence-electron chi connectivity index (χ3n) is 2.86. The highest BCUT2D eigenvalue weighted by Gasteiger charge is 2.28. The van der Waals surface area contributed by atoms with E-state index in [2.05, 4.69) is 15.6 Å². The Bertz CT molecular complexity index is 520. The monoisotopic (exact) mass is 251 g/mol. The van der Waals surface area contributed by atoms with Crippen molar-refractivity contribution in [3.63, 3.8) is 0 Å². The smallest absolute Gasteiger partial charge is 0.339 e. The highest BCUT2D eigenvalue weighted by molar-refractivity contribution is 6.04. The first-order chi connectivity index (χ1) is 8.49. The van der Waals surface area contributed by atoms with Crippen molar-refractivity contribution in [3.05, 3.63) is 17.5 Å². The van der Waals surface area contributed by atoms with Crippen LogP contribution in [0.1, 0.15) is 28.9 Å². The van der Waals surface area contributed by atoms with Crippen molar-refractivity contribution in [3.8, 4) is 0 Å². The number of carbonyl (C=O) groups is 3. The number of nitrogens with one attached hydrogen (secondary N) is 3. The number of carbonyl (C=O) groups excluding carboxylic acids is 2. The third kappa shape index (κ3) is 2.20. The standard InChI is InChI=1S/C11H13N3O4/c1-5-9(11(17)18)7(4-12-5)14-10(16)6-2-3-8(15)13-6/h4,6,12H,2-3H2,1H3,(H,13,15)(H,14,16)(H,17,18)/t6-/m0/s1. The number of aromatic nitrogens is 1.